The third-order valence-corrected chi connectivity index (χ3v) is 7.05. The SMILES string of the molecule is Cc1cc(-c2[nH]c3cc(-c4ccc(N5CCC(NC(=O)OC(C)(C)C)CC5)nc4)ccc3c2C)cc(C)n1. The Hall–Kier alpha value is -3.87. The van der Waals surface area contributed by atoms with Gasteiger partial charge in [-0.2, -0.15) is 0 Å². The lowest BCUT2D eigenvalue weighted by Crippen LogP contribution is -2.46. The number of nitrogens with zero attached hydrogens (tertiary/aromatic N) is 3. The van der Waals surface area contributed by atoms with Crippen LogP contribution in [0.1, 0.15) is 50.6 Å². The van der Waals surface area contributed by atoms with E-state index in [1.54, 1.807) is 0 Å². The summed E-state index contributed by atoms with van der Waals surface area (Å²) in [6.07, 6.45) is 3.34. The molecule has 38 heavy (non-hydrogen) atoms. The molecule has 1 aliphatic heterocycles. The number of carbonyl (C=O) groups is 1. The van der Waals surface area contributed by atoms with Gasteiger partial charge < -0.3 is 19.9 Å². The number of aryl methyl sites for hydroxylation is 3. The first-order valence-corrected chi connectivity index (χ1v) is 13.3. The maximum Gasteiger partial charge on any atom is 0.407 e. The number of ether oxygens (including phenoxy) is 1. The Bertz CT molecular complexity index is 1440. The van der Waals surface area contributed by atoms with Crippen LogP contribution in [-0.4, -0.2) is 45.8 Å². The van der Waals surface area contributed by atoms with E-state index in [9.17, 15) is 4.79 Å². The topological polar surface area (TPSA) is 83.1 Å². The van der Waals surface area contributed by atoms with E-state index in [0.29, 0.717) is 0 Å². The Kier molecular flexibility index (Phi) is 6.86. The van der Waals surface area contributed by atoms with Crippen molar-refractivity contribution in [3.05, 3.63) is 65.6 Å². The molecule has 0 spiro atoms. The lowest BCUT2D eigenvalue weighted by molar-refractivity contribution is 0.0497. The molecule has 1 saturated heterocycles. The summed E-state index contributed by atoms with van der Waals surface area (Å²) in [6.45, 7) is 13.6. The van der Waals surface area contributed by atoms with E-state index in [-0.39, 0.29) is 12.1 Å². The number of nitrogens with one attached hydrogen (secondary N) is 2. The van der Waals surface area contributed by atoms with Crippen LogP contribution in [0.25, 0.3) is 33.3 Å². The summed E-state index contributed by atoms with van der Waals surface area (Å²) in [4.78, 5) is 27.3. The number of rotatable bonds is 4. The summed E-state index contributed by atoms with van der Waals surface area (Å²) in [5.41, 5.74) is 8.45. The molecule has 2 N–H and O–H groups in total. The Morgan fingerprint density at radius 1 is 0.974 bits per heavy atom. The van der Waals surface area contributed by atoms with Crippen molar-refractivity contribution in [3.8, 4) is 22.4 Å². The fraction of sp³-hybridized carbons (Fsp3) is 0.387. The minimum Gasteiger partial charge on any atom is -0.444 e. The highest BCUT2D eigenvalue weighted by Crippen LogP contribution is 2.33. The first-order valence-electron chi connectivity index (χ1n) is 13.3. The average Bonchev–Trinajstić information content (AvgIpc) is 3.19. The van der Waals surface area contributed by atoms with Crippen LogP contribution < -0.4 is 10.2 Å². The van der Waals surface area contributed by atoms with E-state index >= 15 is 0 Å². The van der Waals surface area contributed by atoms with Crippen molar-refractivity contribution in [1.82, 2.24) is 20.3 Å². The van der Waals surface area contributed by atoms with Gasteiger partial charge in [-0.15, -0.1) is 0 Å². The molecule has 0 unspecified atom stereocenters. The Balaban J connectivity index is 1.27. The number of aromatic amines is 1. The van der Waals surface area contributed by atoms with Crippen LogP contribution in [0.4, 0.5) is 10.6 Å². The van der Waals surface area contributed by atoms with E-state index in [1.807, 2.05) is 40.8 Å². The molecule has 1 aromatic carbocycles. The van der Waals surface area contributed by atoms with E-state index < -0.39 is 5.60 Å². The van der Waals surface area contributed by atoms with Crippen LogP contribution >= 0.6 is 0 Å². The smallest absolute Gasteiger partial charge is 0.407 e. The van der Waals surface area contributed by atoms with Crippen molar-refractivity contribution in [2.45, 2.75) is 66.0 Å². The van der Waals surface area contributed by atoms with Gasteiger partial charge in [-0.1, -0.05) is 12.1 Å². The Morgan fingerprint density at radius 2 is 1.66 bits per heavy atom. The van der Waals surface area contributed by atoms with Gasteiger partial charge in [0, 0.05) is 64.4 Å². The normalized spacial score (nSPS) is 14.6. The summed E-state index contributed by atoms with van der Waals surface area (Å²) < 4.78 is 5.39. The number of hydrogen-bond acceptors (Lipinski definition) is 5. The van der Waals surface area contributed by atoms with Crippen LogP contribution in [-0.2, 0) is 4.74 Å². The molecular formula is C31H37N5O2. The van der Waals surface area contributed by atoms with Gasteiger partial charge >= 0.3 is 6.09 Å². The lowest BCUT2D eigenvalue weighted by Gasteiger charge is -2.33. The molecule has 0 bridgehead atoms. The molecule has 0 saturated carbocycles. The Labute approximate surface area is 224 Å². The minimum atomic E-state index is -0.485. The van der Waals surface area contributed by atoms with Gasteiger partial charge in [0.1, 0.15) is 11.4 Å². The standard InChI is InChI=1S/C31H37N5O2/c1-19-15-24(16-20(2)33-19)29-21(3)26-9-7-22(17-27(26)35-29)23-8-10-28(32-18-23)36-13-11-25(12-14-36)34-30(37)38-31(4,5)6/h7-10,15-18,25,35H,11-14H2,1-6H3,(H,34,37). The number of hydrogen-bond donors (Lipinski definition) is 2. The lowest BCUT2D eigenvalue weighted by atomic mass is 10.0. The van der Waals surface area contributed by atoms with Crippen LogP contribution in [0.15, 0.2) is 48.7 Å². The molecule has 1 fully saturated rings. The highest BCUT2D eigenvalue weighted by Gasteiger charge is 2.24. The molecular weight excluding hydrogens is 474 g/mol. The van der Waals surface area contributed by atoms with Crippen molar-refractivity contribution in [3.63, 3.8) is 0 Å². The van der Waals surface area contributed by atoms with Gasteiger partial charge in [-0.3, -0.25) is 4.98 Å². The van der Waals surface area contributed by atoms with E-state index in [4.69, 9.17) is 9.72 Å². The van der Waals surface area contributed by atoms with Gasteiger partial charge in [-0.05, 0) is 95.8 Å². The van der Waals surface area contributed by atoms with Crippen molar-refractivity contribution in [2.24, 2.45) is 0 Å². The van der Waals surface area contributed by atoms with Crippen molar-refractivity contribution in [1.29, 1.82) is 0 Å². The highest BCUT2D eigenvalue weighted by atomic mass is 16.6. The van der Waals surface area contributed by atoms with E-state index in [1.165, 1.54) is 16.5 Å². The predicted octanol–water partition coefficient (Wildman–Crippen LogP) is 6.71. The number of piperidine rings is 1. The predicted molar refractivity (Wildman–Crippen MR) is 154 cm³/mol. The van der Waals surface area contributed by atoms with E-state index in [0.717, 1.165) is 65.5 Å². The number of anilines is 1. The third-order valence-electron chi connectivity index (χ3n) is 7.05. The van der Waals surface area contributed by atoms with Crippen LogP contribution in [0.2, 0.25) is 0 Å². The molecule has 7 heteroatoms. The van der Waals surface area contributed by atoms with Gasteiger partial charge in [0.05, 0.1) is 0 Å². The van der Waals surface area contributed by atoms with Gasteiger partial charge in [0.25, 0.3) is 0 Å². The second kappa shape index (κ2) is 10.1. The number of pyridine rings is 2. The Morgan fingerprint density at radius 3 is 2.29 bits per heavy atom. The number of carbonyl (C=O) groups excluding carboxylic acids is 1. The summed E-state index contributed by atoms with van der Waals surface area (Å²) in [7, 11) is 0. The molecule has 7 nitrogen and oxygen atoms in total. The zero-order valence-corrected chi connectivity index (χ0v) is 23.2. The number of alkyl carbamates (subject to hydrolysis) is 1. The fourth-order valence-corrected chi connectivity index (χ4v) is 5.26. The summed E-state index contributed by atoms with van der Waals surface area (Å²) >= 11 is 0. The number of aromatic nitrogens is 3. The van der Waals surface area contributed by atoms with Gasteiger partial charge in [0.15, 0.2) is 0 Å². The zero-order valence-electron chi connectivity index (χ0n) is 23.2. The molecule has 198 valence electrons. The second-order valence-electron chi connectivity index (χ2n) is 11.3. The first-order chi connectivity index (χ1) is 18.1. The summed E-state index contributed by atoms with van der Waals surface area (Å²) in [5, 5.41) is 4.23. The summed E-state index contributed by atoms with van der Waals surface area (Å²) in [6, 6.07) is 15.2. The minimum absolute atomic E-state index is 0.126. The molecule has 4 heterocycles. The highest BCUT2D eigenvalue weighted by molar-refractivity contribution is 5.93. The zero-order chi connectivity index (χ0) is 27.0. The molecule has 5 rings (SSSR count). The first kappa shape index (κ1) is 25.8. The molecule has 0 aliphatic carbocycles. The maximum atomic E-state index is 12.1. The van der Waals surface area contributed by atoms with Crippen molar-refractivity contribution >= 4 is 22.8 Å². The van der Waals surface area contributed by atoms with Crippen LogP contribution in [0.5, 0.6) is 0 Å². The fourth-order valence-electron chi connectivity index (χ4n) is 5.26. The van der Waals surface area contributed by atoms with Crippen molar-refractivity contribution in [2.75, 3.05) is 18.0 Å². The monoisotopic (exact) mass is 511 g/mol. The molecule has 4 aromatic rings. The van der Waals surface area contributed by atoms with Crippen LogP contribution in [0.3, 0.4) is 0 Å². The quantitative estimate of drug-likeness (QED) is 0.318. The number of amides is 1. The van der Waals surface area contributed by atoms with Crippen LogP contribution in [0, 0.1) is 20.8 Å². The van der Waals surface area contributed by atoms with Gasteiger partial charge in [-0.25, -0.2) is 9.78 Å². The number of benzene rings is 1. The maximum absolute atomic E-state index is 12.1. The molecule has 3 aromatic heterocycles. The number of H-pyrrole nitrogens is 1. The molecule has 1 aliphatic rings. The van der Waals surface area contributed by atoms with Crippen molar-refractivity contribution < 1.29 is 9.53 Å². The second-order valence-corrected chi connectivity index (χ2v) is 11.3. The summed E-state index contributed by atoms with van der Waals surface area (Å²) in [5.74, 6) is 0.965. The largest absolute Gasteiger partial charge is 0.444 e. The molecule has 0 atom stereocenters. The average molecular weight is 512 g/mol. The van der Waals surface area contributed by atoms with Gasteiger partial charge in [0.2, 0.25) is 0 Å². The molecule has 1 amide bonds. The van der Waals surface area contributed by atoms with E-state index in [2.05, 4.69) is 69.6 Å². The number of fused-ring (bicyclic) bond motifs is 1. The molecule has 0 radical (unpaired) electrons. The third kappa shape index (κ3) is 5.67.